The number of esters is 2. The van der Waals surface area contributed by atoms with Crippen LogP contribution in [0.2, 0.25) is 0 Å². The van der Waals surface area contributed by atoms with E-state index in [0.717, 1.165) is 25.2 Å². The van der Waals surface area contributed by atoms with Crippen molar-refractivity contribution in [3.8, 4) is 0 Å². The fraction of sp³-hybridized carbons (Fsp3) is 0.500. The van der Waals surface area contributed by atoms with E-state index >= 15 is 0 Å². The first-order chi connectivity index (χ1) is 5.74. The van der Waals surface area contributed by atoms with Crippen LogP contribution in [0.3, 0.4) is 0 Å². The lowest BCUT2D eigenvalue weighted by Gasteiger charge is -1.94. The Kier molecular flexibility index (Phi) is 2.85. The predicted molar refractivity (Wildman–Crippen MR) is 40.0 cm³/mol. The lowest BCUT2D eigenvalue weighted by Crippen LogP contribution is -2.02. The highest BCUT2D eigenvalue weighted by atomic mass is 16.5. The third-order valence-electron chi connectivity index (χ3n) is 1.50. The lowest BCUT2D eigenvalue weighted by atomic mass is 10.4. The van der Waals surface area contributed by atoms with Crippen LogP contribution in [0.5, 0.6) is 0 Å². The molecule has 0 bridgehead atoms. The highest BCUT2D eigenvalue weighted by Crippen LogP contribution is 2.29. The van der Waals surface area contributed by atoms with Crippen LogP contribution in [0.15, 0.2) is 12.3 Å². The van der Waals surface area contributed by atoms with Crippen LogP contribution in [-0.2, 0) is 19.1 Å². The van der Waals surface area contributed by atoms with Crippen molar-refractivity contribution in [2.24, 2.45) is 5.92 Å². The van der Waals surface area contributed by atoms with Crippen LogP contribution in [0.4, 0.5) is 0 Å². The van der Waals surface area contributed by atoms with E-state index in [0.29, 0.717) is 0 Å². The molecule has 0 aromatic heterocycles. The zero-order chi connectivity index (χ0) is 8.97. The predicted octanol–water partition coefficient (Wildman–Crippen LogP) is 0.626. The maximum absolute atomic E-state index is 10.8. The van der Waals surface area contributed by atoms with Gasteiger partial charge >= 0.3 is 11.9 Å². The maximum Gasteiger partial charge on any atom is 0.333 e. The van der Waals surface area contributed by atoms with Gasteiger partial charge in [0.2, 0.25) is 0 Å². The standard InChI is InChI=1S/C8H10O4/c1-11-7(9)4-5-12-8(10)6-2-3-6/h4-6H,2-3H2,1H3/b5-4+. The van der Waals surface area contributed by atoms with Gasteiger partial charge in [0.05, 0.1) is 19.1 Å². The average molecular weight is 170 g/mol. The summed E-state index contributed by atoms with van der Waals surface area (Å²) in [5.74, 6) is -0.749. The molecular weight excluding hydrogens is 160 g/mol. The van der Waals surface area contributed by atoms with Crippen molar-refractivity contribution >= 4 is 11.9 Å². The molecule has 0 radical (unpaired) electrons. The fourth-order valence-electron chi connectivity index (χ4n) is 0.640. The zero-order valence-electron chi connectivity index (χ0n) is 6.78. The van der Waals surface area contributed by atoms with Crippen LogP contribution in [0.1, 0.15) is 12.8 Å². The average Bonchev–Trinajstić information content (AvgIpc) is 2.86. The molecule has 0 aromatic rings. The highest BCUT2D eigenvalue weighted by Gasteiger charge is 2.30. The number of carbonyl (C=O) groups excluding carboxylic acids is 2. The van der Waals surface area contributed by atoms with Gasteiger partial charge in [-0.3, -0.25) is 4.79 Å². The molecule has 0 saturated heterocycles. The molecule has 1 aliphatic rings. The largest absolute Gasteiger partial charge is 0.466 e. The molecule has 0 heterocycles. The summed E-state index contributed by atoms with van der Waals surface area (Å²) >= 11 is 0. The molecule has 66 valence electrons. The molecule has 1 rings (SSSR count). The van der Waals surface area contributed by atoms with Gasteiger partial charge in [-0.1, -0.05) is 0 Å². The normalized spacial score (nSPS) is 16.1. The second kappa shape index (κ2) is 3.90. The minimum Gasteiger partial charge on any atom is -0.466 e. The summed E-state index contributed by atoms with van der Waals surface area (Å²) in [4.78, 5) is 21.3. The Morgan fingerprint density at radius 1 is 1.42 bits per heavy atom. The van der Waals surface area contributed by atoms with E-state index in [1.54, 1.807) is 0 Å². The van der Waals surface area contributed by atoms with Gasteiger partial charge in [0.1, 0.15) is 6.26 Å². The van der Waals surface area contributed by atoms with Crippen LogP contribution < -0.4 is 0 Å². The van der Waals surface area contributed by atoms with Crippen LogP contribution in [-0.4, -0.2) is 19.0 Å². The van der Waals surface area contributed by atoms with Crippen molar-refractivity contribution in [2.75, 3.05) is 7.11 Å². The first kappa shape index (κ1) is 8.77. The second-order valence-corrected chi connectivity index (χ2v) is 2.54. The van der Waals surface area contributed by atoms with Crippen molar-refractivity contribution in [2.45, 2.75) is 12.8 Å². The molecule has 0 aromatic carbocycles. The van der Waals surface area contributed by atoms with E-state index < -0.39 is 5.97 Å². The Bertz CT molecular complexity index is 215. The van der Waals surface area contributed by atoms with Crippen molar-refractivity contribution in [3.05, 3.63) is 12.3 Å². The van der Waals surface area contributed by atoms with Gasteiger partial charge in [-0.05, 0) is 12.8 Å². The molecule has 0 unspecified atom stereocenters. The van der Waals surface area contributed by atoms with Gasteiger partial charge in [-0.2, -0.15) is 0 Å². The summed E-state index contributed by atoms with van der Waals surface area (Å²) in [7, 11) is 1.26. The van der Waals surface area contributed by atoms with Gasteiger partial charge in [0, 0.05) is 0 Å². The van der Waals surface area contributed by atoms with Crippen molar-refractivity contribution in [3.63, 3.8) is 0 Å². The minimum atomic E-state index is -0.529. The van der Waals surface area contributed by atoms with Gasteiger partial charge in [-0.25, -0.2) is 4.79 Å². The highest BCUT2D eigenvalue weighted by molar-refractivity contribution is 5.82. The lowest BCUT2D eigenvalue weighted by molar-refractivity contribution is -0.139. The van der Waals surface area contributed by atoms with Crippen LogP contribution in [0, 0.1) is 5.92 Å². The Morgan fingerprint density at radius 3 is 2.58 bits per heavy atom. The SMILES string of the molecule is COC(=O)/C=C/OC(=O)C1CC1. The Morgan fingerprint density at radius 2 is 2.08 bits per heavy atom. The summed E-state index contributed by atoms with van der Waals surface area (Å²) in [6.07, 6.45) is 3.92. The van der Waals surface area contributed by atoms with Gasteiger partial charge in [0.15, 0.2) is 0 Å². The molecular formula is C8H10O4. The Hall–Kier alpha value is -1.32. The van der Waals surface area contributed by atoms with Crippen molar-refractivity contribution in [1.82, 2.24) is 0 Å². The number of hydrogen-bond acceptors (Lipinski definition) is 4. The monoisotopic (exact) mass is 170 g/mol. The summed E-state index contributed by atoms with van der Waals surface area (Å²) < 4.78 is 8.91. The molecule has 0 aliphatic heterocycles. The number of rotatable bonds is 3. The van der Waals surface area contributed by atoms with Crippen LogP contribution in [0.25, 0.3) is 0 Å². The van der Waals surface area contributed by atoms with E-state index in [4.69, 9.17) is 0 Å². The third-order valence-corrected chi connectivity index (χ3v) is 1.50. The summed E-state index contributed by atoms with van der Waals surface area (Å²) in [5.41, 5.74) is 0. The van der Waals surface area contributed by atoms with E-state index in [-0.39, 0.29) is 11.9 Å². The topological polar surface area (TPSA) is 52.6 Å². The van der Waals surface area contributed by atoms with Crippen LogP contribution >= 0.6 is 0 Å². The molecule has 12 heavy (non-hydrogen) atoms. The third kappa shape index (κ3) is 2.74. The van der Waals surface area contributed by atoms with E-state index in [2.05, 4.69) is 9.47 Å². The van der Waals surface area contributed by atoms with Crippen molar-refractivity contribution in [1.29, 1.82) is 0 Å². The van der Waals surface area contributed by atoms with E-state index in [1.807, 2.05) is 0 Å². The maximum atomic E-state index is 10.8. The molecule has 4 nitrogen and oxygen atoms in total. The summed E-state index contributed by atoms with van der Waals surface area (Å²) in [6, 6.07) is 0. The Balaban J connectivity index is 2.19. The quantitative estimate of drug-likeness (QED) is 0.354. The number of carbonyl (C=O) groups is 2. The summed E-state index contributed by atoms with van der Waals surface area (Å²) in [5, 5.41) is 0. The second-order valence-electron chi connectivity index (χ2n) is 2.54. The fourth-order valence-corrected chi connectivity index (χ4v) is 0.640. The van der Waals surface area contributed by atoms with E-state index in [1.165, 1.54) is 7.11 Å². The molecule has 0 spiro atoms. The molecule has 0 N–H and O–H groups in total. The first-order valence-electron chi connectivity index (χ1n) is 3.69. The van der Waals surface area contributed by atoms with Crippen molar-refractivity contribution < 1.29 is 19.1 Å². The molecule has 0 atom stereocenters. The van der Waals surface area contributed by atoms with Gasteiger partial charge < -0.3 is 9.47 Å². The molecule has 0 amide bonds. The molecule has 1 aliphatic carbocycles. The Labute approximate surface area is 70.1 Å². The molecule has 4 heteroatoms. The minimum absolute atomic E-state index is 0.0484. The van der Waals surface area contributed by atoms with Gasteiger partial charge in [0.25, 0.3) is 0 Å². The first-order valence-corrected chi connectivity index (χ1v) is 3.69. The number of hydrogen-bond donors (Lipinski definition) is 0. The number of methoxy groups -OCH3 is 1. The van der Waals surface area contributed by atoms with Gasteiger partial charge in [-0.15, -0.1) is 0 Å². The zero-order valence-corrected chi connectivity index (χ0v) is 6.78. The van der Waals surface area contributed by atoms with E-state index in [9.17, 15) is 9.59 Å². The smallest absolute Gasteiger partial charge is 0.333 e. The molecule has 1 fully saturated rings. The summed E-state index contributed by atoms with van der Waals surface area (Å²) in [6.45, 7) is 0. The number of ether oxygens (including phenoxy) is 2. The molecule has 1 saturated carbocycles.